The molecule has 3 nitrogen and oxygen atoms in total. The van der Waals surface area contributed by atoms with Gasteiger partial charge < -0.3 is 14.8 Å². The van der Waals surface area contributed by atoms with Crippen LogP contribution in [-0.4, -0.2) is 25.5 Å². The molecule has 86 valence electrons. The second kappa shape index (κ2) is 4.17. The van der Waals surface area contributed by atoms with E-state index in [9.17, 15) is 0 Å². The predicted molar refractivity (Wildman–Crippen MR) is 61.1 cm³/mol. The van der Waals surface area contributed by atoms with Crippen molar-refractivity contribution in [1.29, 1.82) is 0 Å². The average Bonchev–Trinajstić information content (AvgIpc) is 2.78. The second-order valence-corrected chi connectivity index (χ2v) is 4.48. The number of hydrogen-bond acceptors (Lipinski definition) is 3. The fraction of sp³-hybridized carbons (Fsp3) is 0.538. The monoisotopic (exact) mass is 219 g/mol. The van der Waals surface area contributed by atoms with Gasteiger partial charge in [0.05, 0.1) is 13.2 Å². The Morgan fingerprint density at radius 1 is 1.12 bits per heavy atom. The van der Waals surface area contributed by atoms with E-state index >= 15 is 0 Å². The molecular weight excluding hydrogens is 202 g/mol. The third-order valence-electron chi connectivity index (χ3n) is 3.43. The predicted octanol–water partition coefficient (Wildman–Crippen LogP) is 1.85. The minimum Gasteiger partial charge on any atom is -0.347 e. The van der Waals surface area contributed by atoms with Crippen molar-refractivity contribution in [3.63, 3.8) is 0 Å². The highest BCUT2D eigenvalue weighted by Gasteiger charge is 2.41. The summed E-state index contributed by atoms with van der Waals surface area (Å²) in [5.41, 5.74) is 1.32. The summed E-state index contributed by atoms with van der Waals surface area (Å²) in [4.78, 5) is 0. The van der Waals surface area contributed by atoms with E-state index in [1.807, 2.05) is 6.07 Å². The Kier molecular flexibility index (Phi) is 2.67. The van der Waals surface area contributed by atoms with Crippen LogP contribution < -0.4 is 5.32 Å². The lowest BCUT2D eigenvalue weighted by Gasteiger charge is -2.37. The molecule has 2 aliphatic rings. The van der Waals surface area contributed by atoms with Crippen molar-refractivity contribution in [2.24, 2.45) is 0 Å². The highest BCUT2D eigenvalue weighted by molar-refractivity contribution is 5.20. The first kappa shape index (κ1) is 10.3. The Morgan fingerprint density at radius 2 is 1.88 bits per heavy atom. The van der Waals surface area contributed by atoms with Crippen LogP contribution in [0.25, 0.3) is 0 Å². The van der Waals surface area contributed by atoms with E-state index in [2.05, 4.69) is 29.6 Å². The van der Waals surface area contributed by atoms with Gasteiger partial charge in [0.2, 0.25) is 0 Å². The number of nitrogens with one attached hydrogen (secondary N) is 1. The van der Waals surface area contributed by atoms with Crippen molar-refractivity contribution in [3.05, 3.63) is 35.9 Å². The van der Waals surface area contributed by atoms with Gasteiger partial charge in [-0.25, -0.2) is 0 Å². The number of piperidine rings is 1. The van der Waals surface area contributed by atoms with Crippen molar-refractivity contribution in [3.8, 4) is 0 Å². The number of rotatable bonds is 1. The SMILES string of the molecule is c1ccc([C@@H]2CC3(CCN2)OCCO3)cc1. The van der Waals surface area contributed by atoms with Crippen LogP contribution in [0.2, 0.25) is 0 Å². The maximum atomic E-state index is 5.77. The summed E-state index contributed by atoms with van der Waals surface area (Å²) in [6.07, 6.45) is 1.87. The zero-order chi connectivity index (χ0) is 10.8. The lowest BCUT2D eigenvalue weighted by molar-refractivity contribution is -0.180. The van der Waals surface area contributed by atoms with Gasteiger partial charge in [-0.1, -0.05) is 30.3 Å². The molecule has 0 aromatic heterocycles. The smallest absolute Gasteiger partial charge is 0.171 e. The van der Waals surface area contributed by atoms with Crippen LogP contribution in [0.1, 0.15) is 24.4 Å². The van der Waals surface area contributed by atoms with E-state index in [1.54, 1.807) is 0 Å². The first-order valence-corrected chi connectivity index (χ1v) is 5.94. The van der Waals surface area contributed by atoms with Crippen molar-refractivity contribution >= 4 is 0 Å². The maximum absolute atomic E-state index is 5.77. The number of benzene rings is 1. The standard InChI is InChI=1S/C13H17NO2/c1-2-4-11(5-3-1)12-10-13(6-7-14-12)15-8-9-16-13/h1-5,12,14H,6-10H2/t12-/m0/s1. The molecule has 1 atom stereocenters. The Hall–Kier alpha value is -0.900. The average molecular weight is 219 g/mol. The third-order valence-corrected chi connectivity index (χ3v) is 3.43. The van der Waals surface area contributed by atoms with Gasteiger partial charge in [0.15, 0.2) is 5.79 Å². The zero-order valence-electron chi connectivity index (χ0n) is 9.32. The third kappa shape index (κ3) is 1.86. The lowest BCUT2D eigenvalue weighted by Crippen LogP contribution is -2.44. The topological polar surface area (TPSA) is 30.5 Å². The van der Waals surface area contributed by atoms with Gasteiger partial charge in [0, 0.05) is 25.4 Å². The number of ether oxygens (including phenoxy) is 2. The van der Waals surface area contributed by atoms with E-state index in [0.717, 1.165) is 32.6 Å². The van der Waals surface area contributed by atoms with Crippen molar-refractivity contribution in [1.82, 2.24) is 5.32 Å². The molecular formula is C13H17NO2. The summed E-state index contributed by atoms with van der Waals surface area (Å²) >= 11 is 0. The van der Waals surface area contributed by atoms with Crippen LogP contribution in [-0.2, 0) is 9.47 Å². The summed E-state index contributed by atoms with van der Waals surface area (Å²) in [7, 11) is 0. The highest BCUT2D eigenvalue weighted by atomic mass is 16.7. The summed E-state index contributed by atoms with van der Waals surface area (Å²) in [6, 6.07) is 10.9. The molecule has 0 radical (unpaired) electrons. The largest absolute Gasteiger partial charge is 0.347 e. The molecule has 0 amide bonds. The molecule has 0 aliphatic carbocycles. The molecule has 1 N–H and O–H groups in total. The van der Waals surface area contributed by atoms with Gasteiger partial charge in [-0.15, -0.1) is 0 Å². The van der Waals surface area contributed by atoms with Gasteiger partial charge in [0.25, 0.3) is 0 Å². The lowest BCUT2D eigenvalue weighted by atomic mass is 9.93. The molecule has 2 fully saturated rings. The van der Waals surface area contributed by atoms with Crippen molar-refractivity contribution < 1.29 is 9.47 Å². The van der Waals surface area contributed by atoms with Crippen LogP contribution in [0, 0.1) is 0 Å². The molecule has 0 saturated carbocycles. The van der Waals surface area contributed by atoms with Crippen molar-refractivity contribution in [2.75, 3.05) is 19.8 Å². The zero-order valence-corrected chi connectivity index (χ0v) is 9.32. The van der Waals surface area contributed by atoms with Gasteiger partial charge >= 0.3 is 0 Å². The molecule has 1 spiro atoms. The Morgan fingerprint density at radius 3 is 2.62 bits per heavy atom. The minimum atomic E-state index is -0.314. The quantitative estimate of drug-likeness (QED) is 0.782. The van der Waals surface area contributed by atoms with Gasteiger partial charge in [-0.05, 0) is 5.56 Å². The Balaban J connectivity index is 1.77. The van der Waals surface area contributed by atoms with E-state index in [1.165, 1.54) is 5.56 Å². The van der Waals surface area contributed by atoms with E-state index in [-0.39, 0.29) is 5.79 Å². The summed E-state index contributed by atoms with van der Waals surface area (Å²) in [5, 5.41) is 3.53. The Bertz CT molecular complexity index is 346. The second-order valence-electron chi connectivity index (χ2n) is 4.48. The molecule has 3 rings (SSSR count). The summed E-state index contributed by atoms with van der Waals surface area (Å²) in [5.74, 6) is -0.314. The van der Waals surface area contributed by atoms with E-state index in [0.29, 0.717) is 6.04 Å². The first-order valence-electron chi connectivity index (χ1n) is 5.94. The Labute approximate surface area is 95.8 Å². The van der Waals surface area contributed by atoms with Gasteiger partial charge in [0.1, 0.15) is 0 Å². The maximum Gasteiger partial charge on any atom is 0.171 e. The molecule has 2 heterocycles. The molecule has 0 unspecified atom stereocenters. The van der Waals surface area contributed by atoms with Crippen LogP contribution in [0.3, 0.4) is 0 Å². The number of hydrogen-bond donors (Lipinski definition) is 1. The minimum absolute atomic E-state index is 0.314. The molecule has 16 heavy (non-hydrogen) atoms. The van der Waals surface area contributed by atoms with Crippen LogP contribution in [0.15, 0.2) is 30.3 Å². The highest BCUT2D eigenvalue weighted by Crippen LogP contribution is 2.36. The fourth-order valence-corrected chi connectivity index (χ4v) is 2.60. The van der Waals surface area contributed by atoms with Crippen LogP contribution >= 0.6 is 0 Å². The molecule has 2 saturated heterocycles. The summed E-state index contributed by atoms with van der Waals surface area (Å²) in [6.45, 7) is 2.43. The van der Waals surface area contributed by atoms with Crippen LogP contribution in [0.4, 0.5) is 0 Å². The molecule has 2 aliphatic heterocycles. The van der Waals surface area contributed by atoms with E-state index < -0.39 is 0 Å². The fourth-order valence-electron chi connectivity index (χ4n) is 2.60. The van der Waals surface area contributed by atoms with Gasteiger partial charge in [-0.2, -0.15) is 0 Å². The first-order chi connectivity index (χ1) is 7.88. The van der Waals surface area contributed by atoms with Gasteiger partial charge in [-0.3, -0.25) is 0 Å². The normalized spacial score (nSPS) is 28.4. The van der Waals surface area contributed by atoms with Crippen molar-refractivity contribution in [2.45, 2.75) is 24.7 Å². The summed E-state index contributed by atoms with van der Waals surface area (Å²) < 4.78 is 11.5. The molecule has 1 aromatic rings. The molecule has 3 heteroatoms. The molecule has 1 aromatic carbocycles. The van der Waals surface area contributed by atoms with E-state index in [4.69, 9.17) is 9.47 Å². The van der Waals surface area contributed by atoms with Crippen LogP contribution in [0.5, 0.6) is 0 Å². The molecule has 0 bridgehead atoms.